The molecule has 1 aliphatic rings. The molecule has 0 saturated carbocycles. The third kappa shape index (κ3) is 2.95. The number of para-hydroxylation sites is 2. The van der Waals surface area contributed by atoms with Crippen LogP contribution in [0, 0.1) is 0 Å². The predicted octanol–water partition coefficient (Wildman–Crippen LogP) is 4.09. The van der Waals surface area contributed by atoms with Crippen LogP contribution in [0.3, 0.4) is 0 Å². The summed E-state index contributed by atoms with van der Waals surface area (Å²) in [5, 5.41) is 4.48. The number of fused-ring (bicyclic) bond motifs is 1. The molecule has 0 saturated heterocycles. The average Bonchev–Trinajstić information content (AvgIpc) is 2.50. The van der Waals surface area contributed by atoms with E-state index >= 15 is 0 Å². The van der Waals surface area contributed by atoms with Gasteiger partial charge in [0.2, 0.25) is 0 Å². The maximum atomic E-state index is 6.30. The number of hydrogen-bond acceptors (Lipinski definition) is 3. The Morgan fingerprint density at radius 3 is 2.62 bits per heavy atom. The van der Waals surface area contributed by atoms with Gasteiger partial charge in [-0.15, -0.1) is 0 Å². The highest BCUT2D eigenvalue weighted by atomic mass is 35.5. The van der Waals surface area contributed by atoms with Crippen LogP contribution in [0.1, 0.15) is 11.6 Å². The van der Waals surface area contributed by atoms with Crippen LogP contribution in [0.5, 0.6) is 11.5 Å². The van der Waals surface area contributed by atoms with Crippen LogP contribution in [0.25, 0.3) is 0 Å². The molecule has 0 fully saturated rings. The van der Waals surface area contributed by atoms with Gasteiger partial charge in [-0.25, -0.2) is 0 Å². The van der Waals surface area contributed by atoms with E-state index in [0.29, 0.717) is 16.7 Å². The fraction of sp³-hybridized carbons (Fsp3) is 0.250. The quantitative estimate of drug-likeness (QED) is 0.922. The molecule has 3 nitrogen and oxygen atoms in total. The minimum atomic E-state index is -0.163. The zero-order valence-corrected chi connectivity index (χ0v) is 13.0. The maximum Gasteiger partial charge on any atom is 0.161 e. The van der Waals surface area contributed by atoms with Crippen LogP contribution in [0.4, 0.5) is 0 Å². The lowest BCUT2D eigenvalue weighted by molar-refractivity contribution is 0.0638. The second kappa shape index (κ2) is 6.14. The van der Waals surface area contributed by atoms with E-state index in [1.54, 1.807) is 6.07 Å². The summed E-state index contributed by atoms with van der Waals surface area (Å²) in [6.07, 6.45) is -0.163. The van der Waals surface area contributed by atoms with Gasteiger partial charge < -0.3 is 14.8 Å². The molecule has 0 aromatic heterocycles. The lowest BCUT2D eigenvalue weighted by Crippen LogP contribution is -2.40. The Kier molecular flexibility index (Phi) is 4.24. The van der Waals surface area contributed by atoms with Gasteiger partial charge in [0.05, 0.1) is 6.04 Å². The monoisotopic (exact) mass is 323 g/mol. The summed E-state index contributed by atoms with van der Waals surface area (Å²) in [7, 11) is 1.87. The topological polar surface area (TPSA) is 30.5 Å². The first-order valence-electron chi connectivity index (χ1n) is 6.69. The summed E-state index contributed by atoms with van der Waals surface area (Å²) in [5.41, 5.74) is 0.941. The Labute approximate surface area is 133 Å². The number of likely N-dealkylation sites (N-methyl/N-ethyl adjacent to an activating group) is 1. The van der Waals surface area contributed by atoms with Crippen molar-refractivity contribution in [2.24, 2.45) is 0 Å². The van der Waals surface area contributed by atoms with Gasteiger partial charge in [-0.1, -0.05) is 41.4 Å². The molecular formula is C16H15Cl2NO2. The minimum Gasteiger partial charge on any atom is -0.486 e. The van der Waals surface area contributed by atoms with E-state index < -0.39 is 0 Å². The van der Waals surface area contributed by atoms with Crippen LogP contribution in [-0.2, 0) is 0 Å². The second-order valence-corrected chi connectivity index (χ2v) is 5.69. The van der Waals surface area contributed by atoms with Crippen molar-refractivity contribution in [2.45, 2.75) is 12.1 Å². The van der Waals surface area contributed by atoms with Gasteiger partial charge in [0.15, 0.2) is 17.6 Å². The zero-order valence-electron chi connectivity index (χ0n) is 11.5. The molecule has 0 aliphatic carbocycles. The molecule has 0 spiro atoms. The summed E-state index contributed by atoms with van der Waals surface area (Å²) in [5.74, 6) is 1.52. The standard InChI is InChI=1S/C16H15Cl2NO2/c1-19-16(11-7-6-10(17)8-12(11)18)15-9-20-13-4-2-3-5-14(13)21-15/h2-8,15-16,19H,9H2,1H3. The number of halogens is 2. The molecule has 1 N–H and O–H groups in total. The third-order valence-electron chi connectivity index (χ3n) is 3.51. The van der Waals surface area contributed by atoms with Crippen molar-refractivity contribution in [3.8, 4) is 11.5 Å². The normalized spacial score (nSPS) is 18.3. The first-order valence-corrected chi connectivity index (χ1v) is 7.45. The van der Waals surface area contributed by atoms with Crippen LogP contribution in [0.2, 0.25) is 10.0 Å². The molecule has 110 valence electrons. The molecule has 2 unspecified atom stereocenters. The summed E-state index contributed by atoms with van der Waals surface area (Å²) in [6, 6.07) is 13.0. The highest BCUT2D eigenvalue weighted by molar-refractivity contribution is 6.35. The second-order valence-electron chi connectivity index (χ2n) is 4.85. The summed E-state index contributed by atoms with van der Waals surface area (Å²) >= 11 is 12.3. The third-order valence-corrected chi connectivity index (χ3v) is 4.07. The van der Waals surface area contributed by atoms with E-state index in [9.17, 15) is 0 Å². The van der Waals surface area contributed by atoms with Crippen molar-refractivity contribution in [3.05, 3.63) is 58.1 Å². The highest BCUT2D eigenvalue weighted by Gasteiger charge is 2.30. The Morgan fingerprint density at radius 2 is 1.90 bits per heavy atom. The molecule has 21 heavy (non-hydrogen) atoms. The molecular weight excluding hydrogens is 309 g/mol. The first kappa shape index (κ1) is 14.5. The average molecular weight is 324 g/mol. The molecule has 1 heterocycles. The molecule has 2 aromatic rings. The summed E-state index contributed by atoms with van der Waals surface area (Å²) in [4.78, 5) is 0. The number of hydrogen-bond donors (Lipinski definition) is 1. The van der Waals surface area contributed by atoms with Gasteiger partial charge in [-0.2, -0.15) is 0 Å². The van der Waals surface area contributed by atoms with Crippen molar-refractivity contribution in [3.63, 3.8) is 0 Å². The van der Waals surface area contributed by atoms with E-state index in [0.717, 1.165) is 17.1 Å². The zero-order chi connectivity index (χ0) is 14.8. The van der Waals surface area contributed by atoms with Crippen LogP contribution in [0.15, 0.2) is 42.5 Å². The molecule has 0 radical (unpaired) electrons. The van der Waals surface area contributed by atoms with Gasteiger partial charge in [-0.05, 0) is 36.9 Å². The van der Waals surface area contributed by atoms with Crippen molar-refractivity contribution < 1.29 is 9.47 Å². The minimum absolute atomic E-state index is 0.0804. The largest absolute Gasteiger partial charge is 0.486 e. The van der Waals surface area contributed by atoms with Crippen LogP contribution >= 0.6 is 23.2 Å². The van der Waals surface area contributed by atoms with E-state index in [-0.39, 0.29) is 12.1 Å². The van der Waals surface area contributed by atoms with E-state index in [2.05, 4.69) is 5.32 Å². The van der Waals surface area contributed by atoms with Crippen molar-refractivity contribution in [2.75, 3.05) is 13.7 Å². The van der Waals surface area contributed by atoms with Gasteiger partial charge >= 0.3 is 0 Å². The smallest absolute Gasteiger partial charge is 0.161 e. The van der Waals surface area contributed by atoms with E-state index in [4.69, 9.17) is 32.7 Å². The Hall–Kier alpha value is -1.42. The molecule has 1 aliphatic heterocycles. The number of benzene rings is 2. The van der Waals surface area contributed by atoms with Gasteiger partial charge in [0.25, 0.3) is 0 Å². The van der Waals surface area contributed by atoms with Crippen molar-refractivity contribution in [1.29, 1.82) is 0 Å². The van der Waals surface area contributed by atoms with Crippen LogP contribution in [-0.4, -0.2) is 19.8 Å². The molecule has 0 bridgehead atoms. The molecule has 5 heteroatoms. The molecule has 2 atom stereocenters. The lowest BCUT2D eigenvalue weighted by Gasteiger charge is -2.32. The molecule has 0 amide bonds. The molecule has 2 aromatic carbocycles. The lowest BCUT2D eigenvalue weighted by atomic mass is 10.0. The van der Waals surface area contributed by atoms with Gasteiger partial charge in [-0.3, -0.25) is 0 Å². The number of ether oxygens (including phenoxy) is 2. The van der Waals surface area contributed by atoms with Gasteiger partial charge in [0.1, 0.15) is 6.61 Å². The molecule has 3 rings (SSSR count). The Balaban J connectivity index is 1.88. The van der Waals surface area contributed by atoms with E-state index in [1.165, 1.54) is 0 Å². The first-order chi connectivity index (χ1) is 10.2. The Morgan fingerprint density at radius 1 is 1.14 bits per heavy atom. The Bertz CT molecular complexity index is 648. The van der Waals surface area contributed by atoms with Crippen LogP contribution < -0.4 is 14.8 Å². The number of rotatable bonds is 3. The fourth-order valence-corrected chi connectivity index (χ4v) is 3.02. The summed E-state index contributed by atoms with van der Waals surface area (Å²) < 4.78 is 11.8. The van der Waals surface area contributed by atoms with E-state index in [1.807, 2.05) is 43.4 Å². The fourth-order valence-electron chi connectivity index (χ4n) is 2.50. The van der Waals surface area contributed by atoms with Gasteiger partial charge in [0, 0.05) is 10.0 Å². The highest BCUT2D eigenvalue weighted by Crippen LogP contribution is 2.36. The number of nitrogens with one attached hydrogen (secondary N) is 1. The maximum absolute atomic E-state index is 6.30. The summed E-state index contributed by atoms with van der Waals surface area (Å²) in [6.45, 7) is 0.460. The van der Waals surface area contributed by atoms with Crippen molar-refractivity contribution >= 4 is 23.2 Å². The SMILES string of the molecule is CNC(c1ccc(Cl)cc1Cl)C1COc2ccccc2O1. The predicted molar refractivity (Wildman–Crippen MR) is 84.6 cm³/mol. The van der Waals surface area contributed by atoms with Crippen molar-refractivity contribution in [1.82, 2.24) is 5.32 Å².